The van der Waals surface area contributed by atoms with Gasteiger partial charge in [0, 0.05) is 6.54 Å². The molecule has 0 aromatic carbocycles. The molecule has 0 spiro atoms. The topological polar surface area (TPSA) is 41.0 Å². The smallest absolute Gasteiger partial charge is 0.0880 e. The highest BCUT2D eigenvalue weighted by Gasteiger charge is 1.98. The van der Waals surface area contributed by atoms with Crippen molar-refractivity contribution in [2.45, 2.75) is 26.8 Å². The van der Waals surface area contributed by atoms with Crippen LogP contribution in [0.5, 0.6) is 0 Å². The highest BCUT2D eigenvalue weighted by atomic mass is 32.1. The van der Waals surface area contributed by atoms with E-state index in [4.69, 9.17) is 0 Å². The molecule has 0 aliphatic rings. The molecule has 0 saturated carbocycles. The number of rotatable bonds is 8. The third-order valence-corrected chi connectivity index (χ3v) is 2.95. The van der Waals surface area contributed by atoms with Crippen molar-refractivity contribution in [1.29, 1.82) is 0 Å². The lowest BCUT2D eigenvalue weighted by Gasteiger charge is -2.17. The molecule has 0 bridgehead atoms. The molecule has 1 aromatic rings. The van der Waals surface area contributed by atoms with Gasteiger partial charge < -0.3 is 10.2 Å². The summed E-state index contributed by atoms with van der Waals surface area (Å²) in [6, 6.07) is 0. The first-order valence-corrected chi connectivity index (χ1v) is 6.29. The third kappa shape index (κ3) is 5.20. The predicted octanol–water partition coefficient (Wildman–Crippen LogP) is 1.36. The normalized spacial score (nSPS) is 11.1. The van der Waals surface area contributed by atoms with E-state index in [1.807, 2.05) is 6.20 Å². The summed E-state index contributed by atoms with van der Waals surface area (Å²) >= 11 is 1.27. The minimum Gasteiger partial charge on any atom is -0.311 e. The summed E-state index contributed by atoms with van der Waals surface area (Å²) in [7, 11) is 0. The van der Waals surface area contributed by atoms with E-state index in [0.29, 0.717) is 0 Å². The van der Waals surface area contributed by atoms with E-state index in [9.17, 15) is 0 Å². The second-order valence-electron chi connectivity index (χ2n) is 3.46. The van der Waals surface area contributed by atoms with E-state index in [1.54, 1.807) is 0 Å². The van der Waals surface area contributed by atoms with Crippen LogP contribution in [0, 0.1) is 0 Å². The molecule has 15 heavy (non-hydrogen) atoms. The van der Waals surface area contributed by atoms with Gasteiger partial charge in [-0.2, -0.15) is 8.75 Å². The van der Waals surface area contributed by atoms with Gasteiger partial charge in [0.15, 0.2) is 0 Å². The lowest BCUT2D eigenvalue weighted by atomic mass is 10.3. The predicted molar refractivity (Wildman–Crippen MR) is 64.0 cm³/mol. The first kappa shape index (κ1) is 12.5. The van der Waals surface area contributed by atoms with Crippen molar-refractivity contribution >= 4 is 11.7 Å². The zero-order chi connectivity index (χ0) is 10.9. The lowest BCUT2D eigenvalue weighted by Crippen LogP contribution is -2.27. The Kier molecular flexibility index (Phi) is 6.47. The average molecular weight is 228 g/mol. The monoisotopic (exact) mass is 228 g/mol. The Bertz CT molecular complexity index is 234. The maximum absolute atomic E-state index is 4.14. The quantitative estimate of drug-likeness (QED) is 0.682. The Labute approximate surface area is 96.0 Å². The number of nitrogens with one attached hydrogen (secondary N) is 1. The van der Waals surface area contributed by atoms with Crippen LogP contribution in [0.2, 0.25) is 0 Å². The van der Waals surface area contributed by atoms with Crippen LogP contribution in [0.1, 0.15) is 26.0 Å². The van der Waals surface area contributed by atoms with E-state index in [2.05, 4.69) is 32.8 Å². The molecule has 0 unspecified atom stereocenters. The van der Waals surface area contributed by atoms with Crippen molar-refractivity contribution in [2.75, 3.05) is 26.2 Å². The molecule has 1 heterocycles. The van der Waals surface area contributed by atoms with Gasteiger partial charge in [0.2, 0.25) is 0 Å². The summed E-state index contributed by atoms with van der Waals surface area (Å²) in [5.74, 6) is 0. The summed E-state index contributed by atoms with van der Waals surface area (Å²) in [5.41, 5.74) is 1.04. The molecule has 0 amide bonds. The Hall–Kier alpha value is -0.520. The fourth-order valence-electron chi connectivity index (χ4n) is 1.45. The standard InChI is InChI=1S/C10H20N4S/c1-3-14(4-2)7-5-6-11-8-10-9-12-15-13-10/h9,11H,3-8H2,1-2H3. The van der Waals surface area contributed by atoms with Crippen LogP contribution in [0.25, 0.3) is 0 Å². The Morgan fingerprint density at radius 1 is 1.40 bits per heavy atom. The van der Waals surface area contributed by atoms with Crippen LogP contribution in [0.4, 0.5) is 0 Å². The SMILES string of the molecule is CCN(CC)CCCNCc1cnsn1. The Morgan fingerprint density at radius 2 is 2.20 bits per heavy atom. The summed E-state index contributed by atoms with van der Waals surface area (Å²) in [5, 5.41) is 3.37. The van der Waals surface area contributed by atoms with Crippen LogP contribution in [-0.4, -0.2) is 39.8 Å². The highest BCUT2D eigenvalue weighted by molar-refractivity contribution is 6.99. The van der Waals surface area contributed by atoms with Crippen molar-refractivity contribution in [1.82, 2.24) is 19.0 Å². The molecular formula is C10H20N4S. The van der Waals surface area contributed by atoms with Gasteiger partial charge in [0.05, 0.1) is 23.6 Å². The number of hydrogen-bond acceptors (Lipinski definition) is 5. The number of aromatic nitrogens is 2. The van der Waals surface area contributed by atoms with Gasteiger partial charge in [0.25, 0.3) is 0 Å². The largest absolute Gasteiger partial charge is 0.311 e. The molecule has 0 aliphatic carbocycles. The molecule has 5 heteroatoms. The summed E-state index contributed by atoms with van der Waals surface area (Å²) < 4.78 is 8.10. The van der Waals surface area contributed by atoms with Crippen LogP contribution < -0.4 is 5.32 Å². The molecule has 0 aliphatic heterocycles. The van der Waals surface area contributed by atoms with Gasteiger partial charge in [-0.25, -0.2) is 0 Å². The molecule has 1 aromatic heterocycles. The minimum atomic E-state index is 0.842. The zero-order valence-corrected chi connectivity index (χ0v) is 10.4. The van der Waals surface area contributed by atoms with Gasteiger partial charge in [0.1, 0.15) is 0 Å². The zero-order valence-electron chi connectivity index (χ0n) is 9.57. The molecular weight excluding hydrogens is 208 g/mol. The number of hydrogen-bond donors (Lipinski definition) is 1. The van der Waals surface area contributed by atoms with E-state index in [1.165, 1.54) is 24.7 Å². The van der Waals surface area contributed by atoms with Crippen molar-refractivity contribution in [2.24, 2.45) is 0 Å². The van der Waals surface area contributed by atoms with E-state index in [0.717, 1.165) is 31.9 Å². The highest BCUT2D eigenvalue weighted by Crippen LogP contribution is 1.94. The molecule has 0 saturated heterocycles. The van der Waals surface area contributed by atoms with E-state index < -0.39 is 0 Å². The number of nitrogens with zero attached hydrogens (tertiary/aromatic N) is 3. The van der Waals surface area contributed by atoms with Crippen molar-refractivity contribution in [3.8, 4) is 0 Å². The Balaban J connectivity index is 1.97. The molecule has 0 atom stereocenters. The maximum atomic E-state index is 4.14. The second kappa shape index (κ2) is 7.73. The van der Waals surface area contributed by atoms with Crippen LogP contribution in [-0.2, 0) is 6.54 Å². The minimum absolute atomic E-state index is 0.842. The van der Waals surface area contributed by atoms with Crippen LogP contribution >= 0.6 is 11.7 Å². The van der Waals surface area contributed by atoms with Crippen LogP contribution in [0.15, 0.2) is 6.20 Å². The fraction of sp³-hybridized carbons (Fsp3) is 0.800. The second-order valence-corrected chi connectivity index (χ2v) is 4.01. The van der Waals surface area contributed by atoms with Gasteiger partial charge in [-0.1, -0.05) is 13.8 Å². The Morgan fingerprint density at radius 3 is 2.80 bits per heavy atom. The van der Waals surface area contributed by atoms with Gasteiger partial charge in [-0.05, 0) is 32.6 Å². The maximum Gasteiger partial charge on any atom is 0.0880 e. The first-order chi connectivity index (χ1) is 7.36. The van der Waals surface area contributed by atoms with Crippen molar-refractivity contribution < 1.29 is 0 Å². The van der Waals surface area contributed by atoms with Crippen molar-refractivity contribution in [3.05, 3.63) is 11.9 Å². The van der Waals surface area contributed by atoms with Gasteiger partial charge in [-0.15, -0.1) is 0 Å². The van der Waals surface area contributed by atoms with Gasteiger partial charge >= 0.3 is 0 Å². The molecule has 0 fully saturated rings. The van der Waals surface area contributed by atoms with Crippen molar-refractivity contribution in [3.63, 3.8) is 0 Å². The summed E-state index contributed by atoms with van der Waals surface area (Å²) in [4.78, 5) is 2.44. The van der Waals surface area contributed by atoms with Crippen LogP contribution in [0.3, 0.4) is 0 Å². The molecule has 86 valence electrons. The fourth-order valence-corrected chi connectivity index (χ4v) is 1.88. The lowest BCUT2D eigenvalue weighted by molar-refractivity contribution is 0.298. The third-order valence-electron chi connectivity index (χ3n) is 2.44. The molecule has 0 radical (unpaired) electrons. The first-order valence-electron chi connectivity index (χ1n) is 5.56. The molecule has 1 N–H and O–H groups in total. The average Bonchev–Trinajstić information content (AvgIpc) is 2.76. The summed E-state index contributed by atoms with van der Waals surface area (Å²) in [6.45, 7) is 9.77. The molecule has 1 rings (SSSR count). The summed E-state index contributed by atoms with van der Waals surface area (Å²) in [6.07, 6.45) is 3.02. The van der Waals surface area contributed by atoms with E-state index in [-0.39, 0.29) is 0 Å². The van der Waals surface area contributed by atoms with Gasteiger partial charge in [-0.3, -0.25) is 0 Å². The molecule has 4 nitrogen and oxygen atoms in total. The van der Waals surface area contributed by atoms with E-state index >= 15 is 0 Å².